The summed E-state index contributed by atoms with van der Waals surface area (Å²) in [7, 11) is -8.37. The zero-order chi connectivity index (χ0) is 15.0. The van der Waals surface area contributed by atoms with Gasteiger partial charge in [0.2, 0.25) is 0 Å². The highest BCUT2D eigenvalue weighted by atomic mass is 32.3. The lowest BCUT2D eigenvalue weighted by Gasteiger charge is -2.19. The first kappa shape index (κ1) is 17.3. The van der Waals surface area contributed by atoms with Gasteiger partial charge in [0.1, 0.15) is 0 Å². The van der Waals surface area contributed by atoms with Crippen molar-refractivity contribution in [3.05, 3.63) is 5.53 Å². The molecule has 0 N–H and O–H groups in total. The number of hydrogen-bond acceptors (Lipinski definition) is 4. The van der Waals surface area contributed by atoms with Crippen LogP contribution in [0.2, 0.25) is 0 Å². The van der Waals surface area contributed by atoms with Gasteiger partial charge < -0.3 is 5.53 Å². The fourth-order valence-corrected chi connectivity index (χ4v) is 5.46. The fraction of sp³-hybridized carbons (Fsp3) is 0.900. The molecule has 0 fully saturated rings. The van der Waals surface area contributed by atoms with Crippen LogP contribution in [0.5, 0.6) is 0 Å². The van der Waals surface area contributed by atoms with E-state index in [1.54, 1.807) is 20.8 Å². The predicted octanol–water partition coefficient (Wildman–Crippen LogP) is 1.25. The van der Waals surface area contributed by atoms with Crippen LogP contribution in [0, 0.1) is 5.41 Å². The molecule has 0 saturated carbocycles. The molecular weight excluding hydrogens is 276 g/mol. The predicted molar refractivity (Wildman–Crippen MR) is 70.5 cm³/mol. The molecule has 6 nitrogen and oxygen atoms in total. The van der Waals surface area contributed by atoms with Crippen LogP contribution in [0.3, 0.4) is 0 Å². The summed E-state index contributed by atoms with van der Waals surface area (Å²) < 4.78 is 45.6. The van der Waals surface area contributed by atoms with Gasteiger partial charge in [0.15, 0.2) is 0 Å². The summed E-state index contributed by atoms with van der Waals surface area (Å²) in [6, 6.07) is 0. The Morgan fingerprint density at radius 1 is 1.00 bits per heavy atom. The van der Waals surface area contributed by atoms with Gasteiger partial charge in [-0.15, -0.1) is 4.79 Å². The van der Waals surface area contributed by atoms with Crippen molar-refractivity contribution < 1.29 is 21.6 Å². The molecule has 0 rings (SSSR count). The average molecular weight is 296 g/mol. The molecule has 0 radical (unpaired) electrons. The smallest absolute Gasteiger partial charge is 0.359 e. The Bertz CT molecular complexity index is 568. The summed E-state index contributed by atoms with van der Waals surface area (Å²) in [5.74, 6) is -0.408. The summed E-state index contributed by atoms with van der Waals surface area (Å²) in [4.78, 5) is 2.52. The van der Waals surface area contributed by atoms with E-state index in [0.29, 0.717) is 0 Å². The van der Waals surface area contributed by atoms with Crippen molar-refractivity contribution >= 4 is 24.1 Å². The third kappa shape index (κ3) is 3.90. The number of sulfone groups is 2. The zero-order valence-corrected chi connectivity index (χ0v) is 13.2. The molecule has 18 heavy (non-hydrogen) atoms. The topological polar surface area (TPSA) is 105 Å². The Kier molecular flexibility index (Phi) is 4.56. The number of hydrogen-bond donors (Lipinski definition) is 0. The van der Waals surface area contributed by atoms with Gasteiger partial charge in [0.25, 0.3) is 19.7 Å². The normalized spacial score (nSPS) is 14.1. The third-order valence-corrected chi connectivity index (χ3v) is 7.44. The summed E-state index contributed by atoms with van der Waals surface area (Å²) in [6.45, 7) is 9.01. The van der Waals surface area contributed by atoms with Gasteiger partial charge in [0.05, 0.1) is 10.5 Å². The lowest BCUT2D eigenvalue weighted by atomic mass is 10.0. The lowest BCUT2D eigenvalue weighted by Crippen LogP contribution is -2.41. The number of rotatable bonds is 1. The standard InChI is InChI=1S/C10H20N2O4S2/c1-9(2,3)7-17(13,14)8(12-11)18(15,16)10(4,5)6/h7H2,1-6H3. The maximum atomic E-state index is 12.0. The molecule has 0 aromatic heterocycles. The Balaban J connectivity index is 5.91. The van der Waals surface area contributed by atoms with E-state index in [4.69, 9.17) is 5.53 Å². The molecule has 0 unspecified atom stereocenters. The molecule has 0 aromatic carbocycles. The first-order valence-electron chi connectivity index (χ1n) is 5.34. The van der Waals surface area contributed by atoms with Crippen molar-refractivity contribution in [1.82, 2.24) is 0 Å². The molecule has 0 aromatic rings. The monoisotopic (exact) mass is 296 g/mol. The molecule has 0 heterocycles. The first-order chi connectivity index (χ1) is 7.65. The van der Waals surface area contributed by atoms with Crippen molar-refractivity contribution in [1.29, 1.82) is 0 Å². The Labute approximate surface area is 109 Å². The van der Waals surface area contributed by atoms with Crippen LogP contribution >= 0.6 is 0 Å². The largest absolute Gasteiger partial charge is 0.495 e. The second kappa shape index (κ2) is 4.75. The van der Waals surface area contributed by atoms with E-state index in [-0.39, 0.29) is 0 Å². The SMILES string of the molecule is CC(C)(C)CS(=O)(=O)C(=[N+]=[N-])S(=O)(=O)C(C)(C)C. The molecular formula is C10H20N2O4S2. The van der Waals surface area contributed by atoms with Crippen LogP contribution < -0.4 is 0 Å². The summed E-state index contributed by atoms with van der Waals surface area (Å²) >= 11 is 0. The second-order valence-corrected chi connectivity index (χ2v) is 11.1. The number of nitrogens with zero attached hydrogens (tertiary/aromatic N) is 2. The Morgan fingerprint density at radius 3 is 1.61 bits per heavy atom. The fourth-order valence-electron chi connectivity index (χ4n) is 1.18. The minimum absolute atomic E-state index is 0.408. The Morgan fingerprint density at radius 2 is 1.39 bits per heavy atom. The van der Waals surface area contributed by atoms with Gasteiger partial charge in [-0.25, -0.2) is 16.8 Å². The van der Waals surface area contributed by atoms with Crippen LogP contribution in [-0.4, -0.2) is 36.5 Å². The molecule has 0 aliphatic heterocycles. The maximum Gasteiger partial charge on any atom is 0.495 e. The van der Waals surface area contributed by atoms with E-state index >= 15 is 0 Å². The first-order valence-corrected chi connectivity index (χ1v) is 8.48. The van der Waals surface area contributed by atoms with Crippen molar-refractivity contribution in [2.75, 3.05) is 5.75 Å². The van der Waals surface area contributed by atoms with E-state index in [1.165, 1.54) is 20.8 Å². The highest BCUT2D eigenvalue weighted by molar-refractivity contribution is 8.31. The summed E-state index contributed by atoms with van der Waals surface area (Å²) in [6.07, 6.45) is 0. The minimum Gasteiger partial charge on any atom is -0.359 e. The molecule has 106 valence electrons. The molecule has 0 bridgehead atoms. The summed E-state index contributed by atoms with van der Waals surface area (Å²) in [5, 5.41) is 0. The van der Waals surface area contributed by atoms with Crippen molar-refractivity contribution in [3.8, 4) is 0 Å². The van der Waals surface area contributed by atoms with Gasteiger partial charge in [-0.3, -0.25) is 0 Å². The molecule has 8 heteroatoms. The van der Waals surface area contributed by atoms with Gasteiger partial charge in [-0.05, 0) is 26.2 Å². The van der Waals surface area contributed by atoms with E-state index in [9.17, 15) is 16.8 Å². The molecule has 0 aliphatic rings. The maximum absolute atomic E-state index is 12.0. The highest BCUT2D eigenvalue weighted by Crippen LogP contribution is 2.23. The average Bonchev–Trinajstić information content (AvgIpc) is 1.95. The quantitative estimate of drug-likeness (QED) is 0.314. The van der Waals surface area contributed by atoms with Gasteiger partial charge in [-0.2, -0.15) is 0 Å². The lowest BCUT2D eigenvalue weighted by molar-refractivity contribution is 0.00361. The minimum atomic E-state index is -4.21. The highest BCUT2D eigenvalue weighted by Gasteiger charge is 2.49. The van der Waals surface area contributed by atoms with Crippen LogP contribution in [0.25, 0.3) is 5.53 Å². The van der Waals surface area contributed by atoms with Gasteiger partial charge in [0, 0.05) is 0 Å². The molecule has 0 spiro atoms. The van der Waals surface area contributed by atoms with Crippen LogP contribution in [0.4, 0.5) is 0 Å². The van der Waals surface area contributed by atoms with Gasteiger partial charge in [-0.1, -0.05) is 20.8 Å². The molecule has 0 atom stereocenters. The van der Waals surface area contributed by atoms with Crippen molar-refractivity contribution in [2.45, 2.75) is 46.3 Å². The molecule has 0 saturated heterocycles. The van der Waals surface area contributed by atoms with E-state index in [0.717, 1.165) is 0 Å². The second-order valence-electron chi connectivity index (χ2n) is 6.30. The third-order valence-electron chi connectivity index (χ3n) is 2.01. The zero-order valence-electron chi connectivity index (χ0n) is 11.6. The summed E-state index contributed by atoms with van der Waals surface area (Å²) in [5.41, 5.74) is 8.15. The van der Waals surface area contributed by atoms with Gasteiger partial charge >= 0.3 is 4.38 Å². The van der Waals surface area contributed by atoms with E-state index in [2.05, 4.69) is 4.79 Å². The molecule has 0 aliphatic carbocycles. The Hall–Kier alpha value is -0.720. The van der Waals surface area contributed by atoms with E-state index < -0.39 is 40.0 Å². The van der Waals surface area contributed by atoms with Crippen LogP contribution in [0.1, 0.15) is 41.5 Å². The van der Waals surface area contributed by atoms with Crippen molar-refractivity contribution in [3.63, 3.8) is 0 Å². The molecule has 0 amide bonds. The van der Waals surface area contributed by atoms with Crippen molar-refractivity contribution in [2.24, 2.45) is 5.41 Å². The van der Waals surface area contributed by atoms with Crippen LogP contribution in [-0.2, 0) is 19.7 Å². The van der Waals surface area contributed by atoms with Crippen LogP contribution in [0.15, 0.2) is 0 Å². The van der Waals surface area contributed by atoms with E-state index in [1.807, 2.05) is 0 Å².